The SMILES string of the molecule is CCN(CC)CCOC(=O)c1ccc(NC=C(C#N)c2nc(-c3cccs3)cs2)cc1. The highest BCUT2D eigenvalue weighted by molar-refractivity contribution is 7.14. The third-order valence-electron chi connectivity index (χ3n) is 4.67. The van der Waals surface area contributed by atoms with E-state index in [0.717, 1.165) is 35.9 Å². The van der Waals surface area contributed by atoms with Crippen LogP contribution in [0.2, 0.25) is 0 Å². The van der Waals surface area contributed by atoms with Gasteiger partial charge in [0.15, 0.2) is 0 Å². The number of benzene rings is 1. The van der Waals surface area contributed by atoms with Crippen LogP contribution in [0.4, 0.5) is 5.69 Å². The van der Waals surface area contributed by atoms with Gasteiger partial charge in [0, 0.05) is 23.8 Å². The van der Waals surface area contributed by atoms with Gasteiger partial charge in [-0.05, 0) is 48.8 Å². The molecule has 1 N–H and O–H groups in total. The molecule has 0 saturated carbocycles. The minimum absolute atomic E-state index is 0.337. The largest absolute Gasteiger partial charge is 0.461 e. The van der Waals surface area contributed by atoms with Gasteiger partial charge in [-0.2, -0.15) is 5.26 Å². The van der Waals surface area contributed by atoms with Crippen LogP contribution in [0.1, 0.15) is 29.2 Å². The van der Waals surface area contributed by atoms with Gasteiger partial charge in [0.1, 0.15) is 23.3 Å². The zero-order valence-corrected chi connectivity index (χ0v) is 19.1. The molecule has 0 unspecified atom stereocenters. The number of allylic oxidation sites excluding steroid dienone is 1. The van der Waals surface area contributed by atoms with Crippen molar-refractivity contribution < 1.29 is 9.53 Å². The van der Waals surface area contributed by atoms with E-state index in [1.54, 1.807) is 41.8 Å². The minimum atomic E-state index is -0.337. The number of carbonyl (C=O) groups is 1. The summed E-state index contributed by atoms with van der Waals surface area (Å²) in [4.78, 5) is 20.0. The number of thiazole rings is 1. The summed E-state index contributed by atoms with van der Waals surface area (Å²) in [7, 11) is 0. The quantitative estimate of drug-likeness (QED) is 0.330. The molecular formula is C23H24N4O2S2. The Balaban J connectivity index is 1.58. The zero-order valence-electron chi connectivity index (χ0n) is 17.5. The molecule has 0 saturated heterocycles. The number of hydrogen-bond donors (Lipinski definition) is 1. The second kappa shape index (κ2) is 11.4. The summed E-state index contributed by atoms with van der Waals surface area (Å²) in [6.45, 7) is 7.13. The fraction of sp³-hybridized carbons (Fsp3) is 0.261. The fourth-order valence-corrected chi connectivity index (χ4v) is 4.37. The van der Waals surface area contributed by atoms with Crippen LogP contribution in [-0.2, 0) is 4.74 Å². The first-order valence-corrected chi connectivity index (χ1v) is 11.8. The molecular weight excluding hydrogens is 428 g/mol. The van der Waals surface area contributed by atoms with Crippen LogP contribution in [0.15, 0.2) is 53.4 Å². The summed E-state index contributed by atoms with van der Waals surface area (Å²) in [5.41, 5.74) is 2.59. The lowest BCUT2D eigenvalue weighted by Gasteiger charge is -2.17. The molecule has 160 valence electrons. The molecule has 0 aliphatic heterocycles. The van der Waals surface area contributed by atoms with Crippen molar-refractivity contribution in [3.8, 4) is 16.6 Å². The van der Waals surface area contributed by atoms with E-state index < -0.39 is 0 Å². The number of likely N-dealkylation sites (N-methyl/N-ethyl adjacent to an activating group) is 1. The Bertz CT molecular complexity index is 1050. The number of thiophene rings is 1. The Morgan fingerprint density at radius 2 is 2.00 bits per heavy atom. The summed E-state index contributed by atoms with van der Waals surface area (Å²) in [5.74, 6) is -0.337. The Labute approximate surface area is 190 Å². The van der Waals surface area contributed by atoms with E-state index in [1.165, 1.54) is 11.3 Å². The molecule has 2 heterocycles. The number of hydrogen-bond acceptors (Lipinski definition) is 8. The Morgan fingerprint density at radius 3 is 2.65 bits per heavy atom. The second-order valence-electron chi connectivity index (χ2n) is 6.57. The number of carbonyl (C=O) groups excluding carboxylic acids is 1. The molecule has 6 nitrogen and oxygen atoms in total. The van der Waals surface area contributed by atoms with Gasteiger partial charge in [-0.15, -0.1) is 22.7 Å². The lowest BCUT2D eigenvalue weighted by molar-refractivity contribution is 0.0466. The van der Waals surface area contributed by atoms with Crippen LogP contribution in [0, 0.1) is 11.3 Å². The summed E-state index contributed by atoms with van der Waals surface area (Å²) in [6.07, 6.45) is 1.63. The summed E-state index contributed by atoms with van der Waals surface area (Å²) < 4.78 is 5.35. The van der Waals surface area contributed by atoms with Crippen molar-refractivity contribution in [3.63, 3.8) is 0 Å². The molecule has 3 aromatic rings. The van der Waals surface area contributed by atoms with E-state index in [2.05, 4.69) is 35.1 Å². The van der Waals surface area contributed by atoms with Crippen LogP contribution >= 0.6 is 22.7 Å². The van der Waals surface area contributed by atoms with Gasteiger partial charge < -0.3 is 15.0 Å². The summed E-state index contributed by atoms with van der Waals surface area (Å²) >= 11 is 3.05. The number of rotatable bonds is 10. The van der Waals surface area contributed by atoms with Crippen molar-refractivity contribution in [2.45, 2.75) is 13.8 Å². The Hall–Kier alpha value is -2.99. The van der Waals surface area contributed by atoms with Gasteiger partial charge in [0.2, 0.25) is 0 Å². The normalized spacial score (nSPS) is 11.4. The molecule has 31 heavy (non-hydrogen) atoms. The Kier molecular flexibility index (Phi) is 8.35. The zero-order chi connectivity index (χ0) is 22.1. The average molecular weight is 453 g/mol. The predicted octanol–water partition coefficient (Wildman–Crippen LogP) is 5.35. The van der Waals surface area contributed by atoms with Crippen molar-refractivity contribution in [1.29, 1.82) is 5.26 Å². The van der Waals surface area contributed by atoms with Crippen molar-refractivity contribution in [1.82, 2.24) is 9.88 Å². The fourth-order valence-electron chi connectivity index (χ4n) is 2.83. The minimum Gasteiger partial charge on any atom is -0.461 e. The third-order valence-corrected chi connectivity index (χ3v) is 6.44. The Morgan fingerprint density at radius 1 is 1.23 bits per heavy atom. The molecule has 0 radical (unpaired) electrons. The molecule has 0 aliphatic carbocycles. The number of anilines is 1. The summed E-state index contributed by atoms with van der Waals surface area (Å²) in [6, 6.07) is 13.2. The monoisotopic (exact) mass is 452 g/mol. The van der Waals surface area contributed by atoms with Gasteiger partial charge in [-0.25, -0.2) is 9.78 Å². The maximum Gasteiger partial charge on any atom is 0.338 e. The maximum atomic E-state index is 12.2. The molecule has 1 aromatic carbocycles. The van der Waals surface area contributed by atoms with E-state index in [1.807, 2.05) is 22.9 Å². The first-order valence-electron chi connectivity index (χ1n) is 10.0. The highest BCUT2D eigenvalue weighted by Crippen LogP contribution is 2.28. The van der Waals surface area contributed by atoms with Crippen LogP contribution in [-0.4, -0.2) is 42.1 Å². The third kappa shape index (κ3) is 6.25. The van der Waals surface area contributed by atoms with E-state index >= 15 is 0 Å². The van der Waals surface area contributed by atoms with Crippen molar-refractivity contribution >= 4 is 39.9 Å². The molecule has 0 aliphatic rings. The van der Waals surface area contributed by atoms with Crippen LogP contribution < -0.4 is 5.32 Å². The number of aromatic nitrogens is 1. The standard InChI is InChI=1S/C23H24N4O2S2/c1-3-27(4-2)11-12-29-23(28)17-7-9-19(10-8-17)25-15-18(14-24)22-26-20(16-31-22)21-6-5-13-30-21/h5-10,13,15-16,25H,3-4,11-12H2,1-2H3. The highest BCUT2D eigenvalue weighted by Gasteiger charge is 2.10. The average Bonchev–Trinajstić information content (AvgIpc) is 3.50. The van der Waals surface area contributed by atoms with Crippen LogP contribution in [0.3, 0.4) is 0 Å². The topological polar surface area (TPSA) is 78.2 Å². The predicted molar refractivity (Wildman–Crippen MR) is 127 cm³/mol. The van der Waals surface area contributed by atoms with Gasteiger partial charge in [-0.1, -0.05) is 19.9 Å². The molecule has 3 rings (SSSR count). The van der Waals surface area contributed by atoms with Crippen molar-refractivity contribution in [3.05, 3.63) is 63.9 Å². The van der Waals surface area contributed by atoms with Crippen LogP contribution in [0.25, 0.3) is 16.1 Å². The van der Waals surface area contributed by atoms with E-state index in [4.69, 9.17) is 4.74 Å². The number of esters is 1. The molecule has 2 aromatic heterocycles. The number of ether oxygens (including phenoxy) is 1. The smallest absolute Gasteiger partial charge is 0.338 e. The first-order chi connectivity index (χ1) is 15.1. The second-order valence-corrected chi connectivity index (χ2v) is 8.38. The molecule has 0 bridgehead atoms. The highest BCUT2D eigenvalue weighted by atomic mass is 32.1. The van der Waals surface area contributed by atoms with Gasteiger partial charge in [0.25, 0.3) is 0 Å². The molecule has 0 spiro atoms. The van der Waals surface area contributed by atoms with E-state index in [-0.39, 0.29) is 5.97 Å². The molecule has 0 fully saturated rings. The molecule has 0 atom stereocenters. The van der Waals surface area contributed by atoms with Crippen molar-refractivity contribution in [2.24, 2.45) is 0 Å². The van der Waals surface area contributed by atoms with Gasteiger partial charge >= 0.3 is 5.97 Å². The van der Waals surface area contributed by atoms with E-state index in [0.29, 0.717) is 22.8 Å². The number of nitriles is 1. The maximum absolute atomic E-state index is 12.2. The van der Waals surface area contributed by atoms with Crippen LogP contribution in [0.5, 0.6) is 0 Å². The molecule has 0 amide bonds. The number of nitrogens with one attached hydrogen (secondary N) is 1. The van der Waals surface area contributed by atoms with Crippen molar-refractivity contribution in [2.75, 3.05) is 31.6 Å². The molecule has 8 heteroatoms. The summed E-state index contributed by atoms with van der Waals surface area (Å²) in [5, 5.41) is 17.2. The lowest BCUT2D eigenvalue weighted by Crippen LogP contribution is -2.27. The number of nitrogens with zero attached hydrogens (tertiary/aromatic N) is 3. The lowest BCUT2D eigenvalue weighted by atomic mass is 10.2. The van der Waals surface area contributed by atoms with Gasteiger partial charge in [-0.3, -0.25) is 0 Å². The van der Waals surface area contributed by atoms with Gasteiger partial charge in [0.05, 0.1) is 16.1 Å². The first kappa shape index (κ1) is 22.7. The van der Waals surface area contributed by atoms with E-state index in [9.17, 15) is 10.1 Å².